The van der Waals surface area contributed by atoms with Crippen LogP contribution in [-0.4, -0.2) is 23.4 Å². The summed E-state index contributed by atoms with van der Waals surface area (Å²) >= 11 is 7.15. The zero-order chi connectivity index (χ0) is 43.2. The smallest absolute Gasteiger partial charge is 0.0471 e. The van der Waals surface area contributed by atoms with Gasteiger partial charge in [0.2, 0.25) is 0 Å². The Labute approximate surface area is 390 Å². The fourth-order valence-corrected chi connectivity index (χ4v) is 11.6. The third-order valence-electron chi connectivity index (χ3n) is 11.3. The number of thiophene rings is 4. The zero-order valence-corrected chi connectivity index (χ0v) is 38.1. The van der Waals surface area contributed by atoms with Gasteiger partial charge >= 0.3 is 0 Å². The van der Waals surface area contributed by atoms with Crippen LogP contribution in [0.15, 0.2) is 205 Å². The standard InChI is InChI=1S/C56H44N2O2S4/c59-35-33-39-5-17-45(18-6-39)57(47-21-9-41(10-22-47)51-3-1-37-61-51)49-25-13-43(14-26-49)53-29-31-55(63-53)56-32-30-54(64-56)44-15-27-50(28-16-44)58(46-19-7-40(8-20-46)34-36-60)48-23-11-42(12-24-48)52-4-2-38-62-52/h1-32,37-38,59-60H,33-36H2. The molecule has 4 nitrogen and oxygen atoms in total. The number of rotatable bonds is 15. The van der Waals surface area contributed by atoms with Gasteiger partial charge in [-0.05, 0) is 166 Å². The highest BCUT2D eigenvalue weighted by Crippen LogP contribution is 2.43. The van der Waals surface area contributed by atoms with Crippen LogP contribution in [-0.2, 0) is 12.8 Å². The highest BCUT2D eigenvalue weighted by molar-refractivity contribution is 7.25. The first-order chi connectivity index (χ1) is 31.6. The summed E-state index contributed by atoms with van der Waals surface area (Å²) in [5.41, 5.74) is 13.5. The van der Waals surface area contributed by atoms with E-state index in [4.69, 9.17) is 0 Å². The molecule has 0 spiro atoms. The van der Waals surface area contributed by atoms with E-state index in [9.17, 15) is 10.2 Å². The third-order valence-corrected chi connectivity index (χ3v) is 15.6. The van der Waals surface area contributed by atoms with Gasteiger partial charge in [-0.25, -0.2) is 0 Å². The van der Waals surface area contributed by atoms with Crippen LogP contribution in [0.2, 0.25) is 0 Å². The minimum Gasteiger partial charge on any atom is -0.396 e. The molecule has 64 heavy (non-hydrogen) atoms. The fourth-order valence-electron chi connectivity index (χ4n) is 8.01. The summed E-state index contributed by atoms with van der Waals surface area (Å²) < 4.78 is 0. The van der Waals surface area contributed by atoms with Crippen molar-refractivity contribution in [3.63, 3.8) is 0 Å². The molecule has 0 aliphatic carbocycles. The molecule has 0 atom stereocenters. The van der Waals surface area contributed by atoms with E-state index in [1.54, 1.807) is 22.7 Å². The average Bonchev–Trinajstić information content (AvgIpc) is 4.21. The first kappa shape index (κ1) is 41.6. The maximum Gasteiger partial charge on any atom is 0.0471 e. The van der Waals surface area contributed by atoms with Gasteiger partial charge < -0.3 is 20.0 Å². The molecule has 0 saturated carbocycles. The second-order valence-electron chi connectivity index (χ2n) is 15.4. The zero-order valence-electron chi connectivity index (χ0n) is 34.9. The summed E-state index contributed by atoms with van der Waals surface area (Å²) in [6.45, 7) is 0.273. The lowest BCUT2D eigenvalue weighted by Gasteiger charge is -2.26. The number of aliphatic hydroxyl groups excluding tert-OH is 2. The Morgan fingerprint density at radius 3 is 0.859 bits per heavy atom. The number of anilines is 6. The molecule has 6 aromatic carbocycles. The molecule has 8 heteroatoms. The quantitative estimate of drug-likeness (QED) is 0.108. The molecule has 314 valence electrons. The SMILES string of the molecule is OCCc1ccc(N(c2ccc(-c3cccs3)cc2)c2ccc(-c3ccc(-c4ccc(-c5ccc(N(c6ccc(CCO)cc6)c6ccc(-c7cccs7)cc6)cc5)s4)s3)cc2)cc1. The van der Waals surface area contributed by atoms with Gasteiger partial charge in [0.25, 0.3) is 0 Å². The monoisotopic (exact) mass is 904 g/mol. The summed E-state index contributed by atoms with van der Waals surface area (Å²) in [4.78, 5) is 12.1. The van der Waals surface area contributed by atoms with Gasteiger partial charge in [0.1, 0.15) is 0 Å². The van der Waals surface area contributed by atoms with Crippen molar-refractivity contribution < 1.29 is 10.2 Å². The van der Waals surface area contributed by atoms with Crippen LogP contribution >= 0.6 is 45.3 Å². The predicted octanol–water partition coefficient (Wildman–Crippen LogP) is 16.3. The summed E-state index contributed by atoms with van der Waals surface area (Å²) in [6.07, 6.45) is 1.28. The van der Waals surface area contributed by atoms with Gasteiger partial charge in [-0.2, -0.15) is 0 Å². The molecule has 2 N–H and O–H groups in total. The lowest BCUT2D eigenvalue weighted by atomic mass is 10.1. The van der Waals surface area contributed by atoms with Gasteiger partial charge in [0, 0.05) is 76.6 Å². The largest absolute Gasteiger partial charge is 0.396 e. The first-order valence-corrected chi connectivity index (χ1v) is 24.7. The van der Waals surface area contributed by atoms with Crippen molar-refractivity contribution in [1.29, 1.82) is 0 Å². The molecule has 0 aliphatic rings. The number of benzene rings is 6. The van der Waals surface area contributed by atoms with Gasteiger partial charge in [-0.1, -0.05) is 84.9 Å². The summed E-state index contributed by atoms with van der Waals surface area (Å²) in [5.74, 6) is 0. The van der Waals surface area contributed by atoms with Crippen molar-refractivity contribution in [2.45, 2.75) is 12.8 Å². The van der Waals surface area contributed by atoms with Gasteiger partial charge in [-0.15, -0.1) is 45.3 Å². The van der Waals surface area contributed by atoms with Crippen LogP contribution in [0, 0.1) is 0 Å². The van der Waals surface area contributed by atoms with E-state index >= 15 is 0 Å². The summed E-state index contributed by atoms with van der Waals surface area (Å²) in [7, 11) is 0. The van der Waals surface area contributed by atoms with E-state index in [1.165, 1.54) is 51.5 Å². The van der Waals surface area contributed by atoms with Crippen molar-refractivity contribution in [2.75, 3.05) is 23.0 Å². The normalized spacial score (nSPS) is 11.2. The highest BCUT2D eigenvalue weighted by atomic mass is 32.1. The van der Waals surface area contributed by atoms with Gasteiger partial charge in [0.05, 0.1) is 0 Å². The molecule has 0 unspecified atom stereocenters. The van der Waals surface area contributed by atoms with Crippen LogP contribution < -0.4 is 9.80 Å². The van der Waals surface area contributed by atoms with Crippen molar-refractivity contribution >= 4 is 79.5 Å². The molecule has 0 saturated heterocycles. The predicted molar refractivity (Wildman–Crippen MR) is 276 cm³/mol. The Morgan fingerprint density at radius 2 is 0.578 bits per heavy atom. The van der Waals surface area contributed by atoms with Crippen LogP contribution in [0.5, 0.6) is 0 Å². The minimum atomic E-state index is 0.137. The molecule has 0 aliphatic heterocycles. The lowest BCUT2D eigenvalue weighted by molar-refractivity contribution is 0.299. The first-order valence-electron chi connectivity index (χ1n) is 21.3. The van der Waals surface area contributed by atoms with Crippen LogP contribution in [0.4, 0.5) is 34.1 Å². The molecule has 10 aromatic rings. The molecule has 0 fully saturated rings. The maximum absolute atomic E-state index is 9.50. The Hall–Kier alpha value is -6.36. The van der Waals surface area contributed by atoms with Crippen molar-refractivity contribution in [3.8, 4) is 51.5 Å². The molecule has 0 radical (unpaired) electrons. The Bertz CT molecular complexity index is 2810. The molecule has 4 aromatic heterocycles. The Kier molecular flexibility index (Phi) is 12.5. The van der Waals surface area contributed by atoms with Crippen LogP contribution in [0.3, 0.4) is 0 Å². The summed E-state index contributed by atoms with van der Waals surface area (Å²) in [5, 5.41) is 23.2. The van der Waals surface area contributed by atoms with Crippen LogP contribution in [0.25, 0.3) is 51.5 Å². The average molecular weight is 905 g/mol. The van der Waals surface area contributed by atoms with E-state index in [0.717, 1.165) is 45.3 Å². The number of nitrogens with zero attached hydrogens (tertiary/aromatic N) is 2. The molecule has 0 bridgehead atoms. The molecule has 10 rings (SSSR count). The maximum atomic E-state index is 9.50. The van der Waals surface area contributed by atoms with Crippen molar-refractivity contribution in [2.24, 2.45) is 0 Å². The van der Waals surface area contributed by atoms with E-state index in [0.29, 0.717) is 12.8 Å². The molecule has 0 amide bonds. The van der Waals surface area contributed by atoms with E-state index < -0.39 is 0 Å². The van der Waals surface area contributed by atoms with E-state index in [-0.39, 0.29) is 13.2 Å². The Morgan fingerprint density at radius 1 is 0.297 bits per heavy atom. The van der Waals surface area contributed by atoms with Crippen LogP contribution in [0.1, 0.15) is 11.1 Å². The third kappa shape index (κ3) is 9.03. The van der Waals surface area contributed by atoms with E-state index in [1.807, 2.05) is 22.7 Å². The molecular weight excluding hydrogens is 861 g/mol. The van der Waals surface area contributed by atoms with Gasteiger partial charge in [-0.3, -0.25) is 0 Å². The fraction of sp³-hybridized carbons (Fsp3) is 0.0714. The topological polar surface area (TPSA) is 46.9 Å². The lowest BCUT2D eigenvalue weighted by Crippen LogP contribution is -2.10. The summed E-state index contributed by atoms with van der Waals surface area (Å²) in [6, 6.07) is 69.8. The second kappa shape index (κ2) is 19.2. The minimum absolute atomic E-state index is 0.137. The van der Waals surface area contributed by atoms with Crippen molar-refractivity contribution in [1.82, 2.24) is 0 Å². The van der Waals surface area contributed by atoms with E-state index in [2.05, 4.69) is 215 Å². The molecule has 4 heterocycles. The number of hydrogen-bond acceptors (Lipinski definition) is 8. The van der Waals surface area contributed by atoms with Gasteiger partial charge in [0.15, 0.2) is 0 Å². The number of hydrogen-bond donors (Lipinski definition) is 2. The number of aliphatic hydroxyl groups is 2. The molecular formula is C56H44N2O2S4. The van der Waals surface area contributed by atoms with Crippen molar-refractivity contribution in [3.05, 3.63) is 216 Å². The Balaban J connectivity index is 0.879. The second-order valence-corrected chi connectivity index (χ2v) is 19.5. The highest BCUT2D eigenvalue weighted by Gasteiger charge is 2.17.